The highest BCUT2D eigenvalue weighted by atomic mass is 35.5. The lowest BCUT2D eigenvalue weighted by molar-refractivity contribution is 0.0930. The number of hydrogen-bond donors (Lipinski definition) is 2. The minimum atomic E-state index is -0.115. The maximum atomic E-state index is 12.9. The number of thiophene rings is 1. The van der Waals surface area contributed by atoms with Gasteiger partial charge < -0.3 is 10.6 Å². The molecule has 0 saturated carbocycles. The van der Waals surface area contributed by atoms with Gasteiger partial charge in [0, 0.05) is 17.6 Å². The minimum absolute atomic E-state index is 0. The molecule has 0 radical (unpaired) electrons. The van der Waals surface area contributed by atoms with Crippen molar-refractivity contribution in [3.63, 3.8) is 0 Å². The van der Waals surface area contributed by atoms with Crippen LogP contribution in [0.2, 0.25) is 0 Å². The molecule has 2 atom stereocenters. The molecule has 7 heteroatoms. The molecule has 1 saturated heterocycles. The number of rotatable bonds is 6. The van der Waals surface area contributed by atoms with E-state index in [1.54, 1.807) is 11.3 Å². The first-order chi connectivity index (χ1) is 13.7. The molecule has 154 valence electrons. The van der Waals surface area contributed by atoms with Crippen LogP contribution in [0.4, 0.5) is 0 Å². The van der Waals surface area contributed by atoms with Gasteiger partial charge in [0.05, 0.1) is 12.1 Å². The fourth-order valence-electron chi connectivity index (χ4n) is 3.75. The third-order valence-corrected chi connectivity index (χ3v) is 6.42. The zero-order chi connectivity index (χ0) is 19.3. The standard InChI is InChI=1S/C22H26N4OS.ClH/c1-16-10-13-28-21(16)20(14-17-6-3-2-4-7-17)24-22(27)19-9-12-26(25-19)18-8-5-11-23-15-18;/h2-4,6-7,9-10,12-13,18,20,23H,5,8,11,14-15H2,1H3,(H,24,27);1H. The van der Waals surface area contributed by atoms with Crippen LogP contribution in [0.25, 0.3) is 0 Å². The first kappa shape index (κ1) is 21.6. The van der Waals surface area contributed by atoms with Crippen molar-refractivity contribution in [2.75, 3.05) is 13.1 Å². The molecule has 0 aliphatic carbocycles. The van der Waals surface area contributed by atoms with E-state index >= 15 is 0 Å². The Morgan fingerprint density at radius 2 is 2.14 bits per heavy atom. The Balaban J connectivity index is 0.00000240. The lowest BCUT2D eigenvalue weighted by Crippen LogP contribution is -2.33. The topological polar surface area (TPSA) is 59.0 Å². The van der Waals surface area contributed by atoms with Crippen molar-refractivity contribution in [3.05, 3.63) is 75.7 Å². The van der Waals surface area contributed by atoms with Gasteiger partial charge in [-0.15, -0.1) is 23.7 Å². The van der Waals surface area contributed by atoms with Crippen molar-refractivity contribution in [3.8, 4) is 0 Å². The molecule has 3 aromatic rings. The van der Waals surface area contributed by atoms with Crippen LogP contribution >= 0.6 is 23.7 Å². The molecule has 5 nitrogen and oxygen atoms in total. The van der Waals surface area contributed by atoms with E-state index in [2.05, 4.69) is 46.2 Å². The summed E-state index contributed by atoms with van der Waals surface area (Å²) in [4.78, 5) is 14.2. The van der Waals surface area contributed by atoms with Crippen molar-refractivity contribution in [2.45, 2.75) is 38.3 Å². The summed E-state index contributed by atoms with van der Waals surface area (Å²) in [7, 11) is 0. The van der Waals surface area contributed by atoms with E-state index in [9.17, 15) is 4.79 Å². The first-order valence-electron chi connectivity index (χ1n) is 9.85. The molecule has 1 aliphatic heterocycles. The molecule has 0 bridgehead atoms. The van der Waals surface area contributed by atoms with Gasteiger partial charge in [-0.2, -0.15) is 5.10 Å². The van der Waals surface area contributed by atoms with Crippen LogP contribution in [-0.2, 0) is 6.42 Å². The van der Waals surface area contributed by atoms with Crippen LogP contribution in [-0.4, -0.2) is 28.8 Å². The molecule has 3 heterocycles. The van der Waals surface area contributed by atoms with Crippen molar-refractivity contribution < 1.29 is 4.79 Å². The third-order valence-electron chi connectivity index (χ3n) is 5.29. The van der Waals surface area contributed by atoms with Crippen LogP contribution in [0.3, 0.4) is 0 Å². The van der Waals surface area contributed by atoms with Crippen molar-refractivity contribution in [1.82, 2.24) is 20.4 Å². The number of nitrogens with zero attached hydrogens (tertiary/aromatic N) is 2. The monoisotopic (exact) mass is 430 g/mol. The van der Waals surface area contributed by atoms with Crippen molar-refractivity contribution in [2.24, 2.45) is 0 Å². The Morgan fingerprint density at radius 1 is 1.31 bits per heavy atom. The summed E-state index contributed by atoms with van der Waals surface area (Å²) >= 11 is 1.69. The highest BCUT2D eigenvalue weighted by molar-refractivity contribution is 7.10. The van der Waals surface area contributed by atoms with E-state index in [-0.39, 0.29) is 24.4 Å². The minimum Gasteiger partial charge on any atom is -0.343 e. The molecule has 29 heavy (non-hydrogen) atoms. The number of piperidine rings is 1. The van der Waals surface area contributed by atoms with Crippen LogP contribution in [0, 0.1) is 6.92 Å². The molecule has 4 rings (SSSR count). The molecule has 1 aromatic carbocycles. The van der Waals surface area contributed by atoms with Gasteiger partial charge in [0.25, 0.3) is 5.91 Å². The molecule has 2 unspecified atom stereocenters. The summed E-state index contributed by atoms with van der Waals surface area (Å²) in [5, 5.41) is 13.3. The van der Waals surface area contributed by atoms with Crippen LogP contribution in [0.15, 0.2) is 54.0 Å². The van der Waals surface area contributed by atoms with Gasteiger partial charge in [-0.3, -0.25) is 9.48 Å². The van der Waals surface area contributed by atoms with Crippen LogP contribution in [0.5, 0.6) is 0 Å². The summed E-state index contributed by atoms with van der Waals surface area (Å²) in [6.45, 7) is 4.07. The van der Waals surface area contributed by atoms with E-state index < -0.39 is 0 Å². The van der Waals surface area contributed by atoms with Gasteiger partial charge in [0.15, 0.2) is 0 Å². The summed E-state index contributed by atoms with van der Waals surface area (Å²) < 4.78 is 1.93. The Kier molecular flexibility index (Phi) is 7.47. The molecule has 1 amide bonds. The van der Waals surface area contributed by atoms with Crippen LogP contribution in [0.1, 0.15) is 51.4 Å². The number of aryl methyl sites for hydroxylation is 1. The highest BCUT2D eigenvalue weighted by Gasteiger charge is 2.22. The lowest BCUT2D eigenvalue weighted by Gasteiger charge is -2.23. The Morgan fingerprint density at radius 3 is 2.83 bits per heavy atom. The number of benzene rings is 1. The first-order valence-corrected chi connectivity index (χ1v) is 10.7. The van der Waals surface area contributed by atoms with Gasteiger partial charge in [0.1, 0.15) is 5.69 Å². The second-order valence-corrected chi connectivity index (χ2v) is 8.31. The maximum absolute atomic E-state index is 12.9. The van der Waals surface area contributed by atoms with Gasteiger partial charge in [-0.05, 0) is 61.4 Å². The smallest absolute Gasteiger partial charge is 0.272 e. The summed E-state index contributed by atoms with van der Waals surface area (Å²) in [6.07, 6.45) is 4.93. The molecular formula is C22H27ClN4OS. The summed E-state index contributed by atoms with van der Waals surface area (Å²) in [6, 6.07) is 14.5. The molecule has 2 aromatic heterocycles. The number of amides is 1. The fourth-order valence-corrected chi connectivity index (χ4v) is 4.73. The number of carbonyl (C=O) groups excluding carboxylic acids is 1. The number of aromatic nitrogens is 2. The van der Waals surface area contributed by atoms with E-state index in [0.717, 1.165) is 32.4 Å². The van der Waals surface area contributed by atoms with Gasteiger partial charge in [-0.1, -0.05) is 30.3 Å². The predicted octanol–water partition coefficient (Wildman–Crippen LogP) is 4.31. The van der Waals surface area contributed by atoms with E-state index in [1.165, 1.54) is 16.0 Å². The molecule has 1 fully saturated rings. The highest BCUT2D eigenvalue weighted by Crippen LogP contribution is 2.27. The van der Waals surface area contributed by atoms with Gasteiger partial charge >= 0.3 is 0 Å². The average molecular weight is 431 g/mol. The Labute approximate surface area is 181 Å². The number of halogens is 1. The Bertz CT molecular complexity index is 918. The zero-order valence-corrected chi connectivity index (χ0v) is 18.1. The molecule has 0 spiro atoms. The third kappa shape index (κ3) is 5.26. The lowest BCUT2D eigenvalue weighted by atomic mass is 10.0. The Hall–Kier alpha value is -2.15. The quantitative estimate of drug-likeness (QED) is 0.612. The summed E-state index contributed by atoms with van der Waals surface area (Å²) in [5.74, 6) is -0.115. The number of hydrogen-bond acceptors (Lipinski definition) is 4. The molecule has 2 N–H and O–H groups in total. The maximum Gasteiger partial charge on any atom is 0.272 e. The average Bonchev–Trinajstić information content (AvgIpc) is 3.38. The SMILES string of the molecule is Cc1ccsc1C(Cc1ccccc1)NC(=O)c1ccn(C2CCCNC2)n1.Cl. The van der Waals surface area contributed by atoms with Gasteiger partial charge in [0.2, 0.25) is 0 Å². The van der Waals surface area contributed by atoms with Gasteiger partial charge in [-0.25, -0.2) is 0 Å². The predicted molar refractivity (Wildman–Crippen MR) is 120 cm³/mol. The van der Waals surface area contributed by atoms with E-state index in [1.807, 2.05) is 35.1 Å². The zero-order valence-electron chi connectivity index (χ0n) is 16.5. The second-order valence-electron chi connectivity index (χ2n) is 7.36. The largest absolute Gasteiger partial charge is 0.343 e. The number of carbonyl (C=O) groups is 1. The fraction of sp³-hybridized carbons (Fsp3) is 0.364. The number of nitrogens with one attached hydrogen (secondary N) is 2. The van der Waals surface area contributed by atoms with Crippen molar-refractivity contribution in [1.29, 1.82) is 0 Å². The molecular weight excluding hydrogens is 404 g/mol. The summed E-state index contributed by atoms with van der Waals surface area (Å²) in [5.41, 5.74) is 2.90. The second kappa shape index (κ2) is 10.1. The normalized spacial score (nSPS) is 17.3. The van der Waals surface area contributed by atoms with Crippen LogP contribution < -0.4 is 10.6 Å². The molecule has 1 aliphatic rings. The van der Waals surface area contributed by atoms with E-state index in [4.69, 9.17) is 0 Å². The van der Waals surface area contributed by atoms with E-state index in [0.29, 0.717) is 11.7 Å². The van der Waals surface area contributed by atoms with Crippen molar-refractivity contribution >= 4 is 29.7 Å².